The Labute approximate surface area is 244 Å². The predicted octanol–water partition coefficient (Wildman–Crippen LogP) is 7.24. The quantitative estimate of drug-likeness (QED) is 0.136. The Morgan fingerprint density at radius 1 is 0.795 bits per heavy atom. The lowest BCUT2D eigenvalue weighted by Gasteiger charge is -2.12. The second kappa shape index (κ2) is 13.8. The zero-order chi connectivity index (χ0) is 27.6. The summed E-state index contributed by atoms with van der Waals surface area (Å²) in [6, 6.07) is 30.1. The molecule has 4 aromatic rings. The molecule has 0 saturated heterocycles. The van der Waals surface area contributed by atoms with Crippen molar-refractivity contribution in [3.63, 3.8) is 0 Å². The topological polar surface area (TPSA) is 87.3 Å². The standard InChI is InChI=1S/C30H23BrClN3O3S/c31-22-14-12-20(13-15-22)16-27(35-29(37)21-6-2-1-3-7-21)30(38)34-25-10-5-11-26(18-25)39-19-28(36)33-24-9-4-8-23(32)17-24/h1-18H,19H2,(H,33,36)(H,34,38)(H,35,37)/b27-16-. The number of benzene rings is 4. The Morgan fingerprint density at radius 3 is 2.21 bits per heavy atom. The monoisotopic (exact) mass is 619 g/mol. The third-order valence-electron chi connectivity index (χ3n) is 5.28. The van der Waals surface area contributed by atoms with Crippen LogP contribution in [0, 0.1) is 0 Å². The molecule has 0 saturated carbocycles. The molecule has 0 fully saturated rings. The van der Waals surface area contributed by atoms with E-state index in [1.54, 1.807) is 72.8 Å². The van der Waals surface area contributed by atoms with Crippen LogP contribution in [0.25, 0.3) is 6.08 Å². The number of hydrogen-bond donors (Lipinski definition) is 3. The van der Waals surface area contributed by atoms with Crippen LogP contribution in [0.4, 0.5) is 11.4 Å². The minimum atomic E-state index is -0.483. The van der Waals surface area contributed by atoms with Crippen LogP contribution in [0.1, 0.15) is 15.9 Å². The van der Waals surface area contributed by atoms with Crippen LogP contribution in [0.15, 0.2) is 118 Å². The minimum absolute atomic E-state index is 0.0881. The van der Waals surface area contributed by atoms with Gasteiger partial charge >= 0.3 is 0 Å². The van der Waals surface area contributed by atoms with Crippen LogP contribution < -0.4 is 16.0 Å². The predicted molar refractivity (Wildman–Crippen MR) is 162 cm³/mol. The molecule has 4 rings (SSSR count). The molecular weight excluding hydrogens is 598 g/mol. The molecule has 6 nitrogen and oxygen atoms in total. The molecule has 0 atom stereocenters. The first kappa shape index (κ1) is 28.2. The van der Waals surface area contributed by atoms with Crippen molar-refractivity contribution >= 4 is 74.5 Å². The number of hydrogen-bond acceptors (Lipinski definition) is 4. The van der Waals surface area contributed by atoms with E-state index >= 15 is 0 Å². The lowest BCUT2D eigenvalue weighted by molar-refractivity contribution is -0.114. The highest BCUT2D eigenvalue weighted by Crippen LogP contribution is 2.23. The van der Waals surface area contributed by atoms with Gasteiger partial charge in [-0.25, -0.2) is 0 Å². The minimum Gasteiger partial charge on any atom is -0.325 e. The first-order valence-corrected chi connectivity index (χ1v) is 13.9. The SMILES string of the molecule is O=C(CSc1cccc(NC(=O)/C(=C/c2ccc(Br)cc2)NC(=O)c2ccccc2)c1)Nc1cccc(Cl)c1. The Morgan fingerprint density at radius 2 is 1.49 bits per heavy atom. The lowest BCUT2D eigenvalue weighted by Crippen LogP contribution is -2.30. The van der Waals surface area contributed by atoms with E-state index in [2.05, 4.69) is 31.9 Å². The van der Waals surface area contributed by atoms with Gasteiger partial charge in [0.05, 0.1) is 5.75 Å². The highest BCUT2D eigenvalue weighted by molar-refractivity contribution is 9.10. The second-order valence-corrected chi connectivity index (χ2v) is 10.7. The summed E-state index contributed by atoms with van der Waals surface area (Å²) in [5, 5.41) is 8.92. The van der Waals surface area contributed by atoms with Gasteiger partial charge in [-0.05, 0) is 72.3 Å². The van der Waals surface area contributed by atoms with Crippen molar-refractivity contribution in [2.45, 2.75) is 4.90 Å². The van der Waals surface area contributed by atoms with Gasteiger partial charge in [-0.3, -0.25) is 14.4 Å². The van der Waals surface area contributed by atoms with Crippen molar-refractivity contribution in [3.05, 3.63) is 129 Å². The highest BCUT2D eigenvalue weighted by atomic mass is 79.9. The van der Waals surface area contributed by atoms with E-state index in [1.807, 2.05) is 36.4 Å². The van der Waals surface area contributed by atoms with Gasteiger partial charge in [-0.2, -0.15) is 0 Å². The van der Waals surface area contributed by atoms with Crippen LogP contribution in [0.3, 0.4) is 0 Å². The van der Waals surface area contributed by atoms with Gasteiger partial charge in [0.1, 0.15) is 5.70 Å². The second-order valence-electron chi connectivity index (χ2n) is 8.26. The van der Waals surface area contributed by atoms with Gasteiger partial charge in [0.25, 0.3) is 11.8 Å². The molecule has 0 unspecified atom stereocenters. The summed E-state index contributed by atoms with van der Waals surface area (Å²) in [7, 11) is 0. The molecule has 0 aliphatic rings. The fourth-order valence-electron chi connectivity index (χ4n) is 3.44. The summed E-state index contributed by atoms with van der Waals surface area (Å²) < 4.78 is 0.898. The number of nitrogens with one attached hydrogen (secondary N) is 3. The largest absolute Gasteiger partial charge is 0.325 e. The van der Waals surface area contributed by atoms with E-state index < -0.39 is 11.8 Å². The van der Waals surface area contributed by atoms with Gasteiger partial charge in [-0.1, -0.05) is 70.0 Å². The maximum atomic E-state index is 13.3. The average molecular weight is 621 g/mol. The Bertz CT molecular complexity index is 1510. The number of rotatable bonds is 9. The molecule has 3 amide bonds. The maximum Gasteiger partial charge on any atom is 0.272 e. The zero-order valence-corrected chi connectivity index (χ0v) is 23.6. The average Bonchev–Trinajstić information content (AvgIpc) is 2.93. The molecule has 9 heteroatoms. The highest BCUT2D eigenvalue weighted by Gasteiger charge is 2.15. The molecule has 0 bridgehead atoms. The number of thioether (sulfide) groups is 1. The number of halogens is 2. The van der Waals surface area contributed by atoms with E-state index in [1.165, 1.54) is 11.8 Å². The fraction of sp³-hybridized carbons (Fsp3) is 0.0333. The van der Waals surface area contributed by atoms with Crippen molar-refractivity contribution in [3.8, 4) is 0 Å². The van der Waals surface area contributed by atoms with Crippen molar-refractivity contribution in [2.75, 3.05) is 16.4 Å². The zero-order valence-electron chi connectivity index (χ0n) is 20.5. The molecule has 196 valence electrons. The van der Waals surface area contributed by atoms with Gasteiger partial charge in [0.2, 0.25) is 5.91 Å². The first-order valence-electron chi connectivity index (χ1n) is 11.8. The van der Waals surface area contributed by atoms with Crippen LogP contribution in [-0.2, 0) is 9.59 Å². The van der Waals surface area contributed by atoms with Gasteiger partial charge < -0.3 is 16.0 Å². The normalized spacial score (nSPS) is 11.0. The van der Waals surface area contributed by atoms with Crippen molar-refractivity contribution in [1.82, 2.24) is 5.32 Å². The van der Waals surface area contributed by atoms with Crippen molar-refractivity contribution in [2.24, 2.45) is 0 Å². The summed E-state index contributed by atoms with van der Waals surface area (Å²) in [5.41, 5.74) is 2.41. The molecule has 0 aliphatic heterocycles. The molecule has 4 aromatic carbocycles. The van der Waals surface area contributed by atoms with Crippen LogP contribution in [0.2, 0.25) is 5.02 Å². The smallest absolute Gasteiger partial charge is 0.272 e. The molecule has 0 spiro atoms. The van der Waals surface area contributed by atoms with E-state index in [-0.39, 0.29) is 17.4 Å². The third kappa shape index (κ3) is 8.85. The Hall–Kier alpha value is -3.85. The van der Waals surface area contributed by atoms with Crippen LogP contribution >= 0.6 is 39.3 Å². The van der Waals surface area contributed by atoms with E-state index in [0.29, 0.717) is 22.0 Å². The molecule has 0 radical (unpaired) electrons. The first-order chi connectivity index (χ1) is 18.9. The fourth-order valence-corrected chi connectivity index (χ4v) is 4.65. The summed E-state index contributed by atoms with van der Waals surface area (Å²) in [4.78, 5) is 39.3. The number of carbonyl (C=O) groups excluding carboxylic acids is 3. The van der Waals surface area contributed by atoms with Gasteiger partial charge in [0.15, 0.2) is 0 Å². The molecular formula is C30H23BrClN3O3S. The summed E-state index contributed by atoms with van der Waals surface area (Å²) in [6.45, 7) is 0. The third-order valence-corrected chi connectivity index (χ3v) is 7.04. The summed E-state index contributed by atoms with van der Waals surface area (Å²) in [5.74, 6) is -0.890. The molecule has 39 heavy (non-hydrogen) atoms. The van der Waals surface area contributed by atoms with Gasteiger partial charge in [0, 0.05) is 31.3 Å². The lowest BCUT2D eigenvalue weighted by atomic mass is 10.1. The Balaban J connectivity index is 1.44. The molecule has 0 heterocycles. The Kier molecular flexibility index (Phi) is 9.97. The van der Waals surface area contributed by atoms with Gasteiger partial charge in [-0.15, -0.1) is 11.8 Å². The molecule has 0 aromatic heterocycles. The number of amides is 3. The van der Waals surface area contributed by atoms with E-state index in [9.17, 15) is 14.4 Å². The van der Waals surface area contributed by atoms with Crippen LogP contribution in [0.5, 0.6) is 0 Å². The molecule has 3 N–H and O–H groups in total. The number of anilines is 2. The van der Waals surface area contributed by atoms with Crippen LogP contribution in [-0.4, -0.2) is 23.5 Å². The van der Waals surface area contributed by atoms with Crippen molar-refractivity contribution in [1.29, 1.82) is 0 Å². The molecule has 0 aliphatic carbocycles. The number of carbonyl (C=O) groups is 3. The van der Waals surface area contributed by atoms with Crippen molar-refractivity contribution < 1.29 is 14.4 Å². The summed E-state index contributed by atoms with van der Waals surface area (Å²) >= 11 is 10.7. The summed E-state index contributed by atoms with van der Waals surface area (Å²) in [6.07, 6.45) is 1.61. The van der Waals surface area contributed by atoms with E-state index in [4.69, 9.17) is 11.6 Å². The van der Waals surface area contributed by atoms with E-state index in [0.717, 1.165) is 14.9 Å². The maximum absolute atomic E-state index is 13.3.